The Labute approximate surface area is 205 Å². The zero-order valence-corrected chi connectivity index (χ0v) is 20.5. The highest BCUT2D eigenvalue weighted by Gasteiger charge is 2.15. The largest absolute Gasteiger partial charge is 0.486 e. The predicted molar refractivity (Wildman–Crippen MR) is 133 cm³/mol. The highest BCUT2D eigenvalue weighted by atomic mass is 35.5. The standard InChI is InChI=1S/C23H22ClN5O2S2/c1-3-29-20(12-31-17-9-10-18(24)15(2)11-17)27-28-23(29)33-14-21(30)26-22-25-19(13-32-22)16-7-5-4-6-8-16/h4-11,13H,3,12,14H2,1-2H3,(H,25,26,30). The van der Waals surface area contributed by atoms with E-state index in [-0.39, 0.29) is 18.3 Å². The van der Waals surface area contributed by atoms with Crippen molar-refractivity contribution in [2.45, 2.75) is 32.2 Å². The number of hydrogen-bond acceptors (Lipinski definition) is 7. The molecule has 1 amide bonds. The maximum Gasteiger partial charge on any atom is 0.236 e. The Kier molecular flexibility index (Phi) is 7.64. The summed E-state index contributed by atoms with van der Waals surface area (Å²) in [5, 5.41) is 15.2. The molecular formula is C23H22ClN5O2S2. The molecule has 2 aromatic carbocycles. The summed E-state index contributed by atoms with van der Waals surface area (Å²) in [4.78, 5) is 16.9. The molecule has 33 heavy (non-hydrogen) atoms. The number of ether oxygens (including phenoxy) is 1. The molecule has 0 aliphatic carbocycles. The number of hydrogen-bond donors (Lipinski definition) is 1. The van der Waals surface area contributed by atoms with Gasteiger partial charge in [-0.1, -0.05) is 53.7 Å². The fourth-order valence-corrected chi connectivity index (χ4v) is 4.74. The van der Waals surface area contributed by atoms with Crippen LogP contribution < -0.4 is 10.1 Å². The van der Waals surface area contributed by atoms with Crippen molar-refractivity contribution in [3.05, 3.63) is 70.3 Å². The highest BCUT2D eigenvalue weighted by molar-refractivity contribution is 7.99. The van der Waals surface area contributed by atoms with Crippen molar-refractivity contribution < 1.29 is 9.53 Å². The molecule has 0 atom stereocenters. The van der Waals surface area contributed by atoms with Crippen LogP contribution in [-0.4, -0.2) is 31.4 Å². The Morgan fingerprint density at radius 3 is 2.79 bits per heavy atom. The van der Waals surface area contributed by atoms with Crippen LogP contribution >= 0.6 is 34.7 Å². The van der Waals surface area contributed by atoms with Gasteiger partial charge in [-0.3, -0.25) is 4.79 Å². The molecule has 0 saturated heterocycles. The molecule has 0 radical (unpaired) electrons. The lowest BCUT2D eigenvalue weighted by Gasteiger charge is -2.09. The molecule has 0 fully saturated rings. The van der Waals surface area contributed by atoms with Gasteiger partial charge in [0.05, 0.1) is 11.4 Å². The highest BCUT2D eigenvalue weighted by Crippen LogP contribution is 2.26. The van der Waals surface area contributed by atoms with Crippen molar-refractivity contribution >= 4 is 45.7 Å². The van der Waals surface area contributed by atoms with Crippen LogP contribution in [-0.2, 0) is 17.9 Å². The smallest absolute Gasteiger partial charge is 0.236 e. The van der Waals surface area contributed by atoms with E-state index in [1.165, 1.54) is 23.1 Å². The van der Waals surface area contributed by atoms with Gasteiger partial charge in [-0.15, -0.1) is 21.5 Å². The molecule has 2 aromatic heterocycles. The van der Waals surface area contributed by atoms with Crippen LogP contribution in [0.5, 0.6) is 5.75 Å². The van der Waals surface area contributed by atoms with Gasteiger partial charge in [-0.2, -0.15) is 0 Å². The van der Waals surface area contributed by atoms with E-state index < -0.39 is 0 Å². The van der Waals surface area contributed by atoms with Gasteiger partial charge in [0.1, 0.15) is 12.4 Å². The Bertz CT molecular complexity index is 1240. The Hall–Kier alpha value is -2.88. The molecule has 0 saturated carbocycles. The van der Waals surface area contributed by atoms with Gasteiger partial charge >= 0.3 is 0 Å². The van der Waals surface area contributed by atoms with Gasteiger partial charge in [0, 0.05) is 22.5 Å². The molecule has 10 heteroatoms. The average Bonchev–Trinajstić information content (AvgIpc) is 3.45. The topological polar surface area (TPSA) is 81.9 Å². The van der Waals surface area contributed by atoms with Gasteiger partial charge in [-0.25, -0.2) is 4.98 Å². The van der Waals surface area contributed by atoms with Crippen molar-refractivity contribution in [3.8, 4) is 17.0 Å². The lowest BCUT2D eigenvalue weighted by molar-refractivity contribution is -0.113. The third kappa shape index (κ3) is 5.93. The Balaban J connectivity index is 1.32. The molecular weight excluding hydrogens is 478 g/mol. The SMILES string of the molecule is CCn1c(COc2ccc(Cl)c(C)c2)nnc1SCC(=O)Nc1nc(-c2ccccc2)cs1. The molecule has 0 aliphatic rings. The summed E-state index contributed by atoms with van der Waals surface area (Å²) in [6.07, 6.45) is 0. The number of nitrogens with one attached hydrogen (secondary N) is 1. The maximum atomic E-state index is 12.4. The number of halogens is 1. The van der Waals surface area contributed by atoms with E-state index in [9.17, 15) is 4.79 Å². The number of benzene rings is 2. The predicted octanol–water partition coefficient (Wildman–Crippen LogP) is 5.69. The van der Waals surface area contributed by atoms with Crippen molar-refractivity contribution in [2.24, 2.45) is 0 Å². The van der Waals surface area contributed by atoms with Gasteiger partial charge in [0.25, 0.3) is 0 Å². The molecule has 4 rings (SSSR count). The minimum Gasteiger partial charge on any atom is -0.486 e. The third-order valence-electron chi connectivity index (χ3n) is 4.76. The van der Waals surface area contributed by atoms with Gasteiger partial charge in [0.15, 0.2) is 16.1 Å². The number of amides is 1. The number of thiazole rings is 1. The maximum absolute atomic E-state index is 12.4. The molecule has 170 valence electrons. The summed E-state index contributed by atoms with van der Waals surface area (Å²) in [7, 11) is 0. The van der Waals surface area contributed by atoms with E-state index in [1.807, 2.05) is 72.3 Å². The number of thioether (sulfide) groups is 1. The van der Waals surface area contributed by atoms with Crippen molar-refractivity contribution in [1.29, 1.82) is 0 Å². The van der Waals surface area contributed by atoms with E-state index in [1.54, 1.807) is 0 Å². The summed E-state index contributed by atoms with van der Waals surface area (Å²) < 4.78 is 7.79. The van der Waals surface area contributed by atoms with E-state index in [4.69, 9.17) is 16.3 Å². The summed E-state index contributed by atoms with van der Waals surface area (Å²) in [5.74, 6) is 1.47. The first-order chi connectivity index (χ1) is 16.0. The molecule has 0 unspecified atom stereocenters. The molecule has 7 nitrogen and oxygen atoms in total. The average molecular weight is 500 g/mol. The number of rotatable bonds is 9. The van der Waals surface area contributed by atoms with E-state index >= 15 is 0 Å². The van der Waals surface area contributed by atoms with E-state index in [0.29, 0.717) is 27.7 Å². The minimum absolute atomic E-state index is 0.144. The Morgan fingerprint density at radius 1 is 1.21 bits per heavy atom. The zero-order valence-electron chi connectivity index (χ0n) is 18.1. The monoisotopic (exact) mass is 499 g/mol. The quantitative estimate of drug-likeness (QED) is 0.298. The number of aryl methyl sites for hydroxylation is 1. The fraction of sp³-hybridized carbons (Fsp3) is 0.217. The summed E-state index contributed by atoms with van der Waals surface area (Å²) in [6, 6.07) is 15.4. The molecule has 0 spiro atoms. The van der Waals surface area contributed by atoms with Crippen LogP contribution in [0.25, 0.3) is 11.3 Å². The van der Waals surface area contributed by atoms with Crippen LogP contribution in [0.15, 0.2) is 59.1 Å². The third-order valence-corrected chi connectivity index (χ3v) is 6.91. The van der Waals surface area contributed by atoms with Gasteiger partial charge < -0.3 is 14.6 Å². The second-order valence-corrected chi connectivity index (χ2v) is 9.29. The van der Waals surface area contributed by atoms with Crippen LogP contribution in [0.4, 0.5) is 5.13 Å². The first-order valence-electron chi connectivity index (χ1n) is 10.3. The first kappa shape index (κ1) is 23.3. The molecule has 2 heterocycles. The number of aromatic nitrogens is 4. The van der Waals surface area contributed by atoms with Crippen LogP contribution in [0.2, 0.25) is 5.02 Å². The van der Waals surface area contributed by atoms with E-state index in [2.05, 4.69) is 20.5 Å². The van der Waals surface area contributed by atoms with E-state index in [0.717, 1.165) is 22.6 Å². The number of nitrogens with zero attached hydrogens (tertiary/aromatic N) is 4. The number of anilines is 1. The molecule has 1 N–H and O–H groups in total. The van der Waals surface area contributed by atoms with Gasteiger partial charge in [-0.05, 0) is 37.6 Å². The number of carbonyl (C=O) groups is 1. The fourth-order valence-electron chi connectivity index (χ4n) is 3.06. The summed E-state index contributed by atoms with van der Waals surface area (Å²) in [6.45, 7) is 4.88. The Morgan fingerprint density at radius 2 is 2.03 bits per heavy atom. The van der Waals surface area contributed by atoms with Crippen LogP contribution in [0.3, 0.4) is 0 Å². The molecule has 0 bridgehead atoms. The second kappa shape index (κ2) is 10.8. The summed E-state index contributed by atoms with van der Waals surface area (Å²) >= 11 is 8.80. The normalized spacial score (nSPS) is 10.9. The van der Waals surface area contributed by atoms with Crippen LogP contribution in [0.1, 0.15) is 18.3 Å². The minimum atomic E-state index is -0.144. The zero-order chi connectivity index (χ0) is 23.2. The number of carbonyl (C=O) groups excluding carboxylic acids is 1. The first-order valence-corrected chi connectivity index (χ1v) is 12.5. The van der Waals surface area contributed by atoms with Crippen molar-refractivity contribution in [1.82, 2.24) is 19.7 Å². The van der Waals surface area contributed by atoms with Gasteiger partial charge in [0.2, 0.25) is 5.91 Å². The lowest BCUT2D eigenvalue weighted by Crippen LogP contribution is -2.14. The molecule has 0 aliphatic heterocycles. The molecule has 4 aromatic rings. The van der Waals surface area contributed by atoms with Crippen molar-refractivity contribution in [2.75, 3.05) is 11.1 Å². The summed E-state index contributed by atoms with van der Waals surface area (Å²) in [5.41, 5.74) is 2.81. The lowest BCUT2D eigenvalue weighted by atomic mass is 10.2. The van der Waals surface area contributed by atoms with Crippen molar-refractivity contribution in [3.63, 3.8) is 0 Å². The second-order valence-electron chi connectivity index (χ2n) is 7.08. The van der Waals surface area contributed by atoms with Crippen LogP contribution in [0, 0.1) is 6.92 Å².